The fraction of sp³-hybridized carbons (Fsp3) is 0.667. The number of rotatable bonds is 4. The van der Waals surface area contributed by atoms with E-state index in [0.29, 0.717) is 18.5 Å². The van der Waals surface area contributed by atoms with Gasteiger partial charge in [0, 0.05) is 37.3 Å². The lowest BCUT2D eigenvalue weighted by Gasteiger charge is -2.34. The molecule has 1 unspecified atom stereocenters. The molecule has 3 rings (SSSR count). The van der Waals surface area contributed by atoms with Crippen molar-refractivity contribution in [1.82, 2.24) is 10.6 Å². The number of carbonyl (C=O) groups is 1. The fourth-order valence-electron chi connectivity index (χ4n) is 3.90. The number of hydrogen-bond donors (Lipinski definition) is 2. The molecule has 2 aliphatic rings. The van der Waals surface area contributed by atoms with Gasteiger partial charge in [-0.3, -0.25) is 4.79 Å². The molecule has 1 aromatic carbocycles. The zero-order valence-corrected chi connectivity index (χ0v) is 18.4. The molecule has 4 nitrogen and oxygen atoms in total. The highest BCUT2D eigenvalue weighted by molar-refractivity contribution is 5.85. The van der Waals surface area contributed by atoms with Crippen molar-refractivity contribution in [2.45, 2.75) is 70.4 Å². The summed E-state index contributed by atoms with van der Waals surface area (Å²) < 4.78 is 0. The molecule has 2 aliphatic heterocycles. The van der Waals surface area contributed by atoms with E-state index >= 15 is 0 Å². The Kier molecular flexibility index (Phi) is 9.40. The standard InChI is InChI=1S/C21H33N3O.2ClH/c1-21(2,3)16-6-8-19(9-7-16)24-13-10-17(11-14-24)23-20(25)15-18-5-4-12-22-18;;/h6-9,17-18,22H,4-5,10-15H2,1-3H3,(H,23,25);2*1H. The highest BCUT2D eigenvalue weighted by atomic mass is 35.5. The second-order valence-corrected chi connectivity index (χ2v) is 8.62. The van der Waals surface area contributed by atoms with Gasteiger partial charge in [0.25, 0.3) is 0 Å². The number of carbonyl (C=O) groups excluding carboxylic acids is 1. The molecule has 0 aromatic heterocycles. The summed E-state index contributed by atoms with van der Waals surface area (Å²) in [7, 11) is 0. The Hall–Kier alpha value is -0.970. The van der Waals surface area contributed by atoms with E-state index in [2.05, 4.69) is 60.6 Å². The summed E-state index contributed by atoms with van der Waals surface area (Å²) >= 11 is 0. The molecule has 0 saturated carbocycles. The summed E-state index contributed by atoms with van der Waals surface area (Å²) in [5.41, 5.74) is 2.87. The van der Waals surface area contributed by atoms with Gasteiger partial charge in [0.05, 0.1) is 0 Å². The smallest absolute Gasteiger partial charge is 0.221 e. The Balaban J connectivity index is 0.00000182. The molecular weight excluding hydrogens is 381 g/mol. The van der Waals surface area contributed by atoms with Crippen LogP contribution in [0.4, 0.5) is 5.69 Å². The molecule has 1 amide bonds. The van der Waals surface area contributed by atoms with Gasteiger partial charge in [-0.05, 0) is 55.3 Å². The van der Waals surface area contributed by atoms with Crippen molar-refractivity contribution in [3.63, 3.8) is 0 Å². The highest BCUT2D eigenvalue weighted by Gasteiger charge is 2.23. The van der Waals surface area contributed by atoms with E-state index in [1.54, 1.807) is 0 Å². The number of amides is 1. The van der Waals surface area contributed by atoms with Crippen LogP contribution in [0.1, 0.15) is 58.4 Å². The highest BCUT2D eigenvalue weighted by Crippen LogP contribution is 2.26. The van der Waals surface area contributed by atoms with Gasteiger partial charge < -0.3 is 15.5 Å². The normalized spacial score (nSPS) is 20.6. The number of nitrogens with zero attached hydrogens (tertiary/aromatic N) is 1. The van der Waals surface area contributed by atoms with Crippen LogP contribution >= 0.6 is 24.8 Å². The first-order valence-electron chi connectivity index (χ1n) is 9.80. The third-order valence-corrected chi connectivity index (χ3v) is 5.55. The quantitative estimate of drug-likeness (QED) is 0.778. The van der Waals surface area contributed by atoms with Crippen LogP contribution in [-0.4, -0.2) is 37.6 Å². The van der Waals surface area contributed by atoms with Crippen molar-refractivity contribution in [1.29, 1.82) is 0 Å². The average molecular weight is 416 g/mol. The van der Waals surface area contributed by atoms with E-state index in [4.69, 9.17) is 0 Å². The minimum atomic E-state index is 0. The fourth-order valence-corrected chi connectivity index (χ4v) is 3.90. The van der Waals surface area contributed by atoms with E-state index < -0.39 is 0 Å². The molecule has 1 atom stereocenters. The number of nitrogens with one attached hydrogen (secondary N) is 2. The maximum atomic E-state index is 12.2. The molecule has 2 N–H and O–H groups in total. The Morgan fingerprint density at radius 2 is 1.74 bits per heavy atom. The largest absolute Gasteiger partial charge is 0.371 e. The van der Waals surface area contributed by atoms with Gasteiger partial charge in [0.2, 0.25) is 5.91 Å². The number of hydrogen-bond acceptors (Lipinski definition) is 3. The predicted molar refractivity (Wildman–Crippen MR) is 119 cm³/mol. The van der Waals surface area contributed by atoms with Gasteiger partial charge in [-0.1, -0.05) is 32.9 Å². The van der Waals surface area contributed by atoms with Crippen LogP contribution in [0, 0.1) is 0 Å². The maximum absolute atomic E-state index is 12.2. The number of benzene rings is 1. The number of halogens is 2. The second kappa shape index (κ2) is 10.5. The van der Waals surface area contributed by atoms with E-state index in [0.717, 1.165) is 38.9 Å². The Morgan fingerprint density at radius 1 is 1.11 bits per heavy atom. The SMILES string of the molecule is CC(C)(C)c1ccc(N2CCC(NC(=O)CC3CCCN3)CC2)cc1.Cl.Cl. The third-order valence-electron chi connectivity index (χ3n) is 5.55. The zero-order valence-electron chi connectivity index (χ0n) is 16.8. The number of anilines is 1. The molecule has 0 aliphatic carbocycles. The molecule has 0 radical (unpaired) electrons. The average Bonchev–Trinajstić information content (AvgIpc) is 3.08. The molecule has 2 saturated heterocycles. The molecule has 0 spiro atoms. The van der Waals surface area contributed by atoms with E-state index in [1.165, 1.54) is 17.7 Å². The Morgan fingerprint density at radius 3 is 2.26 bits per heavy atom. The minimum absolute atomic E-state index is 0. The van der Waals surface area contributed by atoms with Gasteiger partial charge in [0.1, 0.15) is 0 Å². The maximum Gasteiger partial charge on any atom is 0.221 e. The monoisotopic (exact) mass is 415 g/mol. The van der Waals surface area contributed by atoms with Gasteiger partial charge in [-0.2, -0.15) is 0 Å². The summed E-state index contributed by atoms with van der Waals surface area (Å²) in [6.07, 6.45) is 5.03. The molecule has 6 heteroatoms. The van der Waals surface area contributed by atoms with Gasteiger partial charge in [-0.15, -0.1) is 24.8 Å². The van der Waals surface area contributed by atoms with Crippen LogP contribution in [0.5, 0.6) is 0 Å². The van der Waals surface area contributed by atoms with Gasteiger partial charge >= 0.3 is 0 Å². The van der Waals surface area contributed by atoms with Crippen LogP contribution in [0.2, 0.25) is 0 Å². The second-order valence-electron chi connectivity index (χ2n) is 8.62. The summed E-state index contributed by atoms with van der Waals surface area (Å²) in [6.45, 7) is 9.83. The van der Waals surface area contributed by atoms with E-state index in [9.17, 15) is 4.79 Å². The molecule has 27 heavy (non-hydrogen) atoms. The van der Waals surface area contributed by atoms with E-state index in [-0.39, 0.29) is 36.1 Å². The van der Waals surface area contributed by atoms with Gasteiger partial charge in [0.15, 0.2) is 0 Å². The lowest BCUT2D eigenvalue weighted by molar-refractivity contribution is -0.122. The summed E-state index contributed by atoms with van der Waals surface area (Å²) in [4.78, 5) is 14.6. The van der Waals surface area contributed by atoms with Crippen molar-refractivity contribution >= 4 is 36.4 Å². The molecular formula is C21H35Cl2N3O. The van der Waals surface area contributed by atoms with E-state index in [1.807, 2.05) is 0 Å². The van der Waals surface area contributed by atoms with Crippen molar-refractivity contribution in [2.24, 2.45) is 0 Å². The Bertz CT molecular complexity index is 572. The lowest BCUT2D eigenvalue weighted by Crippen LogP contribution is -2.45. The predicted octanol–water partition coefficient (Wildman–Crippen LogP) is 4.05. The zero-order chi connectivity index (χ0) is 17.9. The van der Waals surface area contributed by atoms with Crippen LogP contribution in [0.3, 0.4) is 0 Å². The topological polar surface area (TPSA) is 44.4 Å². The summed E-state index contributed by atoms with van der Waals surface area (Å²) in [6, 6.07) is 9.70. The molecule has 0 bridgehead atoms. The van der Waals surface area contributed by atoms with Crippen molar-refractivity contribution in [3.8, 4) is 0 Å². The summed E-state index contributed by atoms with van der Waals surface area (Å²) in [5, 5.41) is 6.64. The number of piperidine rings is 1. The van der Waals surface area contributed by atoms with Crippen LogP contribution < -0.4 is 15.5 Å². The third kappa shape index (κ3) is 6.85. The first kappa shape index (κ1) is 24.1. The van der Waals surface area contributed by atoms with Crippen molar-refractivity contribution < 1.29 is 4.79 Å². The van der Waals surface area contributed by atoms with Crippen LogP contribution in [0.25, 0.3) is 0 Å². The molecule has 154 valence electrons. The van der Waals surface area contributed by atoms with Crippen LogP contribution in [-0.2, 0) is 10.2 Å². The Labute approximate surface area is 176 Å². The van der Waals surface area contributed by atoms with Gasteiger partial charge in [-0.25, -0.2) is 0 Å². The summed E-state index contributed by atoms with van der Waals surface area (Å²) in [5.74, 6) is 0.215. The molecule has 2 heterocycles. The van der Waals surface area contributed by atoms with Crippen molar-refractivity contribution in [2.75, 3.05) is 24.5 Å². The van der Waals surface area contributed by atoms with Crippen molar-refractivity contribution in [3.05, 3.63) is 29.8 Å². The minimum Gasteiger partial charge on any atom is -0.371 e. The molecule has 1 aromatic rings. The lowest BCUT2D eigenvalue weighted by atomic mass is 9.87. The first-order chi connectivity index (χ1) is 11.9. The van der Waals surface area contributed by atoms with Crippen LogP contribution in [0.15, 0.2) is 24.3 Å². The first-order valence-corrected chi connectivity index (χ1v) is 9.80. The molecule has 2 fully saturated rings.